The number of carbonyl (C=O) groups excluding carboxylic acids is 1. The first-order valence-corrected chi connectivity index (χ1v) is 3.36. The van der Waals surface area contributed by atoms with E-state index >= 15 is 0 Å². The summed E-state index contributed by atoms with van der Waals surface area (Å²) in [5.41, 5.74) is 0. The Kier molecular flexibility index (Phi) is 2.09. The number of carbonyl (C=O) groups is 2. The Balaban J connectivity index is 2.54. The number of nitrogens with zero attached hydrogens (tertiary/aromatic N) is 1. The fraction of sp³-hybridized carbons (Fsp3) is 0.667. The van der Waals surface area contributed by atoms with Gasteiger partial charge in [-0.25, -0.2) is 0 Å². The number of hydrogen-bond acceptors (Lipinski definition) is 3. The molecular formula is C6H10N2O3. The van der Waals surface area contributed by atoms with E-state index in [2.05, 4.69) is 5.32 Å². The number of aliphatic carboxylic acids is 1. The molecule has 1 aliphatic rings. The van der Waals surface area contributed by atoms with Gasteiger partial charge in [-0.15, -0.1) is 0 Å². The lowest BCUT2D eigenvalue weighted by atomic mass is 10.4. The first-order valence-electron chi connectivity index (χ1n) is 3.36. The minimum absolute atomic E-state index is 0.153. The molecule has 5 heteroatoms. The van der Waals surface area contributed by atoms with Crippen molar-refractivity contribution in [2.24, 2.45) is 0 Å². The molecule has 1 aliphatic heterocycles. The second-order valence-corrected chi connectivity index (χ2v) is 2.47. The highest BCUT2D eigenvalue weighted by molar-refractivity contribution is 5.84. The van der Waals surface area contributed by atoms with Gasteiger partial charge in [0.05, 0.1) is 12.7 Å². The van der Waals surface area contributed by atoms with E-state index in [-0.39, 0.29) is 25.2 Å². The molecule has 0 aromatic carbocycles. The van der Waals surface area contributed by atoms with Gasteiger partial charge in [0.1, 0.15) is 6.54 Å². The topological polar surface area (TPSA) is 69.6 Å². The van der Waals surface area contributed by atoms with Gasteiger partial charge in [0.25, 0.3) is 0 Å². The molecule has 5 nitrogen and oxygen atoms in total. The smallest absolute Gasteiger partial charge is 0.323 e. The molecule has 0 radical (unpaired) electrons. The third kappa shape index (κ3) is 1.68. The zero-order valence-electron chi connectivity index (χ0n) is 6.20. The number of nitrogens with one attached hydrogen (secondary N) is 1. The van der Waals surface area contributed by atoms with Crippen molar-refractivity contribution in [1.29, 1.82) is 0 Å². The van der Waals surface area contributed by atoms with Crippen LogP contribution in [0.2, 0.25) is 0 Å². The monoisotopic (exact) mass is 158 g/mol. The van der Waals surface area contributed by atoms with E-state index in [1.54, 1.807) is 6.92 Å². The first kappa shape index (κ1) is 8.00. The second-order valence-electron chi connectivity index (χ2n) is 2.47. The van der Waals surface area contributed by atoms with Crippen molar-refractivity contribution in [3.63, 3.8) is 0 Å². The van der Waals surface area contributed by atoms with Gasteiger partial charge in [0, 0.05) is 0 Å². The summed E-state index contributed by atoms with van der Waals surface area (Å²) in [5, 5.41) is 11.2. The van der Waals surface area contributed by atoms with Crippen LogP contribution in [-0.4, -0.2) is 41.1 Å². The Hall–Kier alpha value is -1.10. The van der Waals surface area contributed by atoms with Crippen LogP contribution >= 0.6 is 0 Å². The summed E-state index contributed by atoms with van der Waals surface area (Å²) in [6.07, 6.45) is -0.154. The molecule has 0 bridgehead atoms. The van der Waals surface area contributed by atoms with Gasteiger partial charge < -0.3 is 10.0 Å². The van der Waals surface area contributed by atoms with Crippen molar-refractivity contribution in [1.82, 2.24) is 10.2 Å². The standard InChI is InChI=1S/C6H10N2O3/c1-4-7-2-5(9)8(4)3-6(10)11/h4,7H,2-3H2,1H3,(H,10,11). The van der Waals surface area contributed by atoms with E-state index in [0.717, 1.165) is 0 Å². The highest BCUT2D eigenvalue weighted by Crippen LogP contribution is 2.02. The lowest BCUT2D eigenvalue weighted by Gasteiger charge is -2.17. The van der Waals surface area contributed by atoms with Crippen LogP contribution in [0.5, 0.6) is 0 Å². The Labute approximate surface area is 64.0 Å². The van der Waals surface area contributed by atoms with Gasteiger partial charge in [-0.3, -0.25) is 14.9 Å². The van der Waals surface area contributed by atoms with Crippen LogP contribution in [0.15, 0.2) is 0 Å². The zero-order valence-corrected chi connectivity index (χ0v) is 6.20. The zero-order chi connectivity index (χ0) is 8.43. The van der Waals surface area contributed by atoms with Crippen LogP contribution < -0.4 is 5.32 Å². The maximum absolute atomic E-state index is 10.9. The Morgan fingerprint density at radius 3 is 2.91 bits per heavy atom. The van der Waals surface area contributed by atoms with Crippen LogP contribution in [0.3, 0.4) is 0 Å². The van der Waals surface area contributed by atoms with E-state index in [4.69, 9.17) is 5.11 Å². The predicted molar refractivity (Wildman–Crippen MR) is 36.8 cm³/mol. The first-order chi connectivity index (χ1) is 5.11. The molecule has 0 aromatic heterocycles. The summed E-state index contributed by atoms with van der Waals surface area (Å²) < 4.78 is 0. The van der Waals surface area contributed by atoms with Gasteiger partial charge in [-0.2, -0.15) is 0 Å². The third-order valence-corrected chi connectivity index (χ3v) is 1.64. The van der Waals surface area contributed by atoms with E-state index in [1.807, 2.05) is 0 Å². The average Bonchev–Trinajstić information content (AvgIpc) is 2.18. The molecule has 11 heavy (non-hydrogen) atoms. The summed E-state index contributed by atoms with van der Waals surface area (Å²) in [4.78, 5) is 22.4. The van der Waals surface area contributed by atoms with Crippen molar-refractivity contribution >= 4 is 11.9 Å². The van der Waals surface area contributed by atoms with E-state index in [1.165, 1.54) is 4.90 Å². The number of carboxylic acids is 1. The van der Waals surface area contributed by atoms with Gasteiger partial charge >= 0.3 is 5.97 Å². The van der Waals surface area contributed by atoms with Crippen molar-refractivity contribution in [2.75, 3.05) is 13.1 Å². The van der Waals surface area contributed by atoms with Crippen LogP contribution in [0, 0.1) is 0 Å². The van der Waals surface area contributed by atoms with Gasteiger partial charge in [0.15, 0.2) is 0 Å². The van der Waals surface area contributed by atoms with E-state index in [0.29, 0.717) is 0 Å². The molecule has 1 amide bonds. The Morgan fingerprint density at radius 2 is 2.55 bits per heavy atom. The molecule has 62 valence electrons. The SMILES string of the molecule is CC1NCC(=O)N1CC(=O)O. The second kappa shape index (κ2) is 2.87. The van der Waals surface area contributed by atoms with Crippen LogP contribution in [0.25, 0.3) is 0 Å². The molecule has 0 saturated carbocycles. The summed E-state index contributed by atoms with van der Waals surface area (Å²) in [5.74, 6) is -1.13. The Bertz CT molecular complexity index is 192. The van der Waals surface area contributed by atoms with Crippen molar-refractivity contribution in [3.8, 4) is 0 Å². The molecule has 0 aliphatic carbocycles. The molecule has 1 heterocycles. The maximum atomic E-state index is 10.9. The summed E-state index contributed by atoms with van der Waals surface area (Å²) >= 11 is 0. The van der Waals surface area contributed by atoms with E-state index < -0.39 is 5.97 Å². The molecule has 0 spiro atoms. The minimum atomic E-state index is -0.978. The fourth-order valence-electron chi connectivity index (χ4n) is 1.03. The normalized spacial score (nSPS) is 24.3. The molecule has 0 aromatic rings. The molecule has 1 fully saturated rings. The molecule has 1 unspecified atom stereocenters. The largest absolute Gasteiger partial charge is 0.480 e. The molecule has 1 saturated heterocycles. The lowest BCUT2D eigenvalue weighted by molar-refractivity contribution is -0.143. The lowest BCUT2D eigenvalue weighted by Crippen LogP contribution is -2.38. The summed E-state index contributed by atoms with van der Waals surface area (Å²) in [7, 11) is 0. The van der Waals surface area contributed by atoms with Crippen LogP contribution in [0.1, 0.15) is 6.92 Å². The van der Waals surface area contributed by atoms with Gasteiger partial charge in [-0.05, 0) is 6.92 Å². The number of amides is 1. The fourth-order valence-corrected chi connectivity index (χ4v) is 1.03. The van der Waals surface area contributed by atoms with Crippen LogP contribution in [0.4, 0.5) is 0 Å². The maximum Gasteiger partial charge on any atom is 0.323 e. The van der Waals surface area contributed by atoms with Gasteiger partial charge in [-0.1, -0.05) is 0 Å². The number of hydrogen-bond donors (Lipinski definition) is 2. The number of carboxylic acid groups (broad SMARTS) is 1. The van der Waals surface area contributed by atoms with Crippen molar-refractivity contribution in [3.05, 3.63) is 0 Å². The Morgan fingerprint density at radius 1 is 1.91 bits per heavy atom. The van der Waals surface area contributed by atoms with Crippen molar-refractivity contribution in [2.45, 2.75) is 13.1 Å². The molecule has 1 rings (SSSR count). The molecule has 1 atom stereocenters. The summed E-state index contributed by atoms with van der Waals surface area (Å²) in [6.45, 7) is 1.79. The van der Waals surface area contributed by atoms with Crippen LogP contribution in [-0.2, 0) is 9.59 Å². The number of rotatable bonds is 2. The molecule has 2 N–H and O–H groups in total. The predicted octanol–water partition coefficient (Wildman–Crippen LogP) is -1.15. The highest BCUT2D eigenvalue weighted by atomic mass is 16.4. The quantitative estimate of drug-likeness (QED) is 0.532. The van der Waals surface area contributed by atoms with Gasteiger partial charge in [0.2, 0.25) is 5.91 Å². The highest BCUT2D eigenvalue weighted by Gasteiger charge is 2.27. The van der Waals surface area contributed by atoms with E-state index in [9.17, 15) is 9.59 Å². The summed E-state index contributed by atoms with van der Waals surface area (Å²) in [6, 6.07) is 0. The molecular weight excluding hydrogens is 148 g/mol. The average molecular weight is 158 g/mol. The van der Waals surface area contributed by atoms with Crippen molar-refractivity contribution < 1.29 is 14.7 Å². The minimum Gasteiger partial charge on any atom is -0.480 e. The third-order valence-electron chi connectivity index (χ3n) is 1.64.